The van der Waals surface area contributed by atoms with Crippen molar-refractivity contribution >= 4 is 11.8 Å². The molecule has 3 heterocycles. The number of amides is 2. The highest BCUT2D eigenvalue weighted by Crippen LogP contribution is 2.34. The van der Waals surface area contributed by atoms with E-state index in [2.05, 4.69) is 10.3 Å². The summed E-state index contributed by atoms with van der Waals surface area (Å²) in [5, 5.41) is 3.05. The maximum Gasteiger partial charge on any atom is 0.271 e. The predicted molar refractivity (Wildman–Crippen MR) is 133 cm³/mol. The summed E-state index contributed by atoms with van der Waals surface area (Å²) in [5.74, 6) is 0.778. The van der Waals surface area contributed by atoms with Crippen LogP contribution < -0.4 is 5.32 Å². The number of aromatic amines is 1. The summed E-state index contributed by atoms with van der Waals surface area (Å²) in [6, 6.07) is 16.4. The van der Waals surface area contributed by atoms with Crippen molar-refractivity contribution in [2.75, 3.05) is 13.2 Å². The van der Waals surface area contributed by atoms with Gasteiger partial charge in [0, 0.05) is 24.9 Å². The normalized spacial score (nSPS) is 19.1. The number of furan rings is 1. The highest BCUT2D eigenvalue weighted by Gasteiger charge is 2.40. The smallest absolute Gasteiger partial charge is 0.271 e. The zero-order valence-electron chi connectivity index (χ0n) is 20.2. The molecule has 1 saturated heterocycles. The molecule has 2 amide bonds. The maximum absolute atomic E-state index is 14.0. The van der Waals surface area contributed by atoms with Crippen LogP contribution in [-0.4, -0.2) is 47.0 Å². The number of benzene rings is 1. The van der Waals surface area contributed by atoms with E-state index < -0.39 is 6.04 Å². The topological polar surface area (TPSA) is 87.6 Å². The molecule has 0 bridgehead atoms. The van der Waals surface area contributed by atoms with Crippen LogP contribution in [0.5, 0.6) is 0 Å². The van der Waals surface area contributed by atoms with Gasteiger partial charge in [-0.1, -0.05) is 43.2 Å². The fraction of sp³-hybridized carbons (Fsp3) is 0.429. The Balaban J connectivity index is 1.46. The molecule has 5 rings (SSSR count). The SMILES string of the molecule is Cc1ccc(C(C(=O)NCC2CCCO2)N(C(=O)c2ccc(-c3ccccc3)[nH]2)C2CCCC2)o1. The van der Waals surface area contributed by atoms with Crippen LogP contribution >= 0.6 is 0 Å². The summed E-state index contributed by atoms with van der Waals surface area (Å²) in [4.78, 5) is 32.7. The molecular formula is C28H33N3O4. The Labute approximate surface area is 205 Å². The van der Waals surface area contributed by atoms with E-state index >= 15 is 0 Å². The Morgan fingerprint density at radius 3 is 2.51 bits per heavy atom. The molecule has 1 aromatic carbocycles. The molecule has 2 N–H and O–H groups in total. The van der Waals surface area contributed by atoms with Gasteiger partial charge in [0.15, 0.2) is 6.04 Å². The Kier molecular flexibility index (Phi) is 7.04. The minimum absolute atomic E-state index is 0.0189. The molecule has 2 atom stereocenters. The van der Waals surface area contributed by atoms with E-state index in [1.54, 1.807) is 11.0 Å². The number of nitrogens with zero attached hydrogens (tertiary/aromatic N) is 1. The molecule has 35 heavy (non-hydrogen) atoms. The van der Waals surface area contributed by atoms with Crippen molar-refractivity contribution in [2.45, 2.75) is 63.6 Å². The van der Waals surface area contributed by atoms with E-state index in [-0.39, 0.29) is 24.0 Å². The molecule has 7 heteroatoms. The van der Waals surface area contributed by atoms with Gasteiger partial charge >= 0.3 is 0 Å². The predicted octanol–water partition coefficient (Wildman–Crippen LogP) is 5.00. The number of H-pyrrole nitrogens is 1. The standard InChI is InChI=1S/C28H33N3O4/c1-19-13-16-25(35-19)26(27(32)29-18-22-12-7-17-34-22)31(21-10-5-6-11-21)28(33)24-15-14-23(30-24)20-8-3-2-4-9-20/h2-4,8-9,13-16,21-22,26,30H,5-7,10-12,17-18H2,1H3,(H,29,32). The zero-order valence-corrected chi connectivity index (χ0v) is 20.2. The van der Waals surface area contributed by atoms with Crippen LogP contribution in [0, 0.1) is 6.92 Å². The lowest BCUT2D eigenvalue weighted by molar-refractivity contribution is -0.127. The lowest BCUT2D eigenvalue weighted by Gasteiger charge is -2.34. The van der Waals surface area contributed by atoms with Crippen LogP contribution in [0.15, 0.2) is 59.0 Å². The Morgan fingerprint density at radius 1 is 1.03 bits per heavy atom. The lowest BCUT2D eigenvalue weighted by atomic mass is 10.1. The molecule has 2 fully saturated rings. The van der Waals surface area contributed by atoms with E-state index in [1.165, 1.54) is 0 Å². The number of ether oxygens (including phenoxy) is 1. The van der Waals surface area contributed by atoms with E-state index in [0.29, 0.717) is 23.8 Å². The second-order valence-corrected chi connectivity index (χ2v) is 9.53. The minimum Gasteiger partial charge on any atom is -0.464 e. The average molecular weight is 476 g/mol. The fourth-order valence-corrected chi connectivity index (χ4v) is 5.23. The van der Waals surface area contributed by atoms with Crippen molar-refractivity contribution in [3.63, 3.8) is 0 Å². The molecule has 2 aliphatic rings. The number of carbonyl (C=O) groups is 2. The first-order valence-electron chi connectivity index (χ1n) is 12.6. The highest BCUT2D eigenvalue weighted by atomic mass is 16.5. The molecular weight excluding hydrogens is 442 g/mol. The van der Waals surface area contributed by atoms with Crippen molar-refractivity contribution in [1.82, 2.24) is 15.2 Å². The van der Waals surface area contributed by atoms with Gasteiger partial charge in [-0.25, -0.2) is 0 Å². The van der Waals surface area contributed by atoms with E-state index in [0.717, 1.165) is 56.4 Å². The van der Waals surface area contributed by atoms with Gasteiger partial charge in [0.1, 0.15) is 17.2 Å². The molecule has 2 aromatic heterocycles. The molecule has 3 aromatic rings. The number of nitrogens with one attached hydrogen (secondary N) is 2. The summed E-state index contributed by atoms with van der Waals surface area (Å²) in [6.07, 6.45) is 5.77. The second-order valence-electron chi connectivity index (χ2n) is 9.53. The maximum atomic E-state index is 14.0. The van der Waals surface area contributed by atoms with Crippen LogP contribution in [0.1, 0.15) is 66.6 Å². The van der Waals surface area contributed by atoms with Crippen molar-refractivity contribution in [2.24, 2.45) is 0 Å². The average Bonchev–Trinajstić information content (AvgIpc) is 3.69. The lowest BCUT2D eigenvalue weighted by Crippen LogP contribution is -2.49. The van der Waals surface area contributed by atoms with E-state index in [9.17, 15) is 9.59 Å². The van der Waals surface area contributed by atoms with Crippen LogP contribution in [0.4, 0.5) is 0 Å². The van der Waals surface area contributed by atoms with Crippen LogP contribution in [0.25, 0.3) is 11.3 Å². The number of aryl methyl sites for hydroxylation is 1. The van der Waals surface area contributed by atoms with Crippen molar-refractivity contribution in [1.29, 1.82) is 0 Å². The Hall–Kier alpha value is -3.32. The van der Waals surface area contributed by atoms with E-state index in [4.69, 9.17) is 9.15 Å². The molecule has 1 aliphatic heterocycles. The van der Waals surface area contributed by atoms with Gasteiger partial charge in [0.25, 0.3) is 11.8 Å². The highest BCUT2D eigenvalue weighted by molar-refractivity contribution is 5.97. The first-order valence-corrected chi connectivity index (χ1v) is 12.6. The largest absolute Gasteiger partial charge is 0.464 e. The summed E-state index contributed by atoms with van der Waals surface area (Å²) >= 11 is 0. The minimum atomic E-state index is -0.843. The van der Waals surface area contributed by atoms with Gasteiger partial charge in [-0.2, -0.15) is 0 Å². The van der Waals surface area contributed by atoms with Crippen LogP contribution in [0.2, 0.25) is 0 Å². The molecule has 184 valence electrons. The second kappa shape index (κ2) is 10.5. The van der Waals surface area contributed by atoms with Crippen LogP contribution in [-0.2, 0) is 9.53 Å². The third kappa shape index (κ3) is 5.20. The van der Waals surface area contributed by atoms with Crippen LogP contribution in [0.3, 0.4) is 0 Å². The Bertz CT molecular complexity index is 1140. The molecule has 2 unspecified atom stereocenters. The zero-order chi connectivity index (χ0) is 24.2. The third-order valence-corrected chi connectivity index (χ3v) is 7.04. The molecule has 0 spiro atoms. The molecule has 1 aliphatic carbocycles. The Morgan fingerprint density at radius 2 is 1.83 bits per heavy atom. The quantitative estimate of drug-likeness (QED) is 0.480. The molecule has 1 saturated carbocycles. The number of hydrogen-bond acceptors (Lipinski definition) is 4. The van der Waals surface area contributed by atoms with Crippen molar-refractivity contribution < 1.29 is 18.7 Å². The monoisotopic (exact) mass is 475 g/mol. The van der Waals surface area contributed by atoms with Crippen molar-refractivity contribution in [3.8, 4) is 11.3 Å². The van der Waals surface area contributed by atoms with Gasteiger partial charge in [-0.15, -0.1) is 0 Å². The first-order chi connectivity index (χ1) is 17.1. The van der Waals surface area contributed by atoms with Gasteiger partial charge in [0.2, 0.25) is 0 Å². The summed E-state index contributed by atoms with van der Waals surface area (Å²) in [5.41, 5.74) is 2.34. The van der Waals surface area contributed by atoms with Gasteiger partial charge < -0.3 is 24.4 Å². The first kappa shape index (κ1) is 23.4. The van der Waals surface area contributed by atoms with E-state index in [1.807, 2.05) is 55.5 Å². The summed E-state index contributed by atoms with van der Waals surface area (Å²) < 4.78 is 11.6. The summed E-state index contributed by atoms with van der Waals surface area (Å²) in [7, 11) is 0. The molecule has 0 radical (unpaired) electrons. The number of carbonyl (C=O) groups excluding carboxylic acids is 2. The van der Waals surface area contributed by atoms with Gasteiger partial charge in [-0.3, -0.25) is 9.59 Å². The van der Waals surface area contributed by atoms with Gasteiger partial charge in [-0.05, 0) is 62.4 Å². The third-order valence-electron chi connectivity index (χ3n) is 7.04. The fourth-order valence-electron chi connectivity index (χ4n) is 5.23. The number of rotatable bonds is 8. The van der Waals surface area contributed by atoms with Gasteiger partial charge in [0.05, 0.1) is 6.10 Å². The summed E-state index contributed by atoms with van der Waals surface area (Å²) in [6.45, 7) is 3.01. The van der Waals surface area contributed by atoms with Crippen molar-refractivity contribution in [3.05, 3.63) is 71.8 Å². The molecule has 7 nitrogen and oxygen atoms in total. The number of hydrogen-bond donors (Lipinski definition) is 2. The number of aromatic nitrogens is 1.